The highest BCUT2D eigenvalue weighted by Gasteiger charge is 2.32. The number of hydrogen-bond donors (Lipinski definition) is 1. The zero-order chi connectivity index (χ0) is 26.2. The third kappa shape index (κ3) is 7.29. The average Bonchev–Trinajstić information content (AvgIpc) is 2.83. The van der Waals surface area contributed by atoms with Crippen molar-refractivity contribution in [3.05, 3.63) is 110 Å². The Balaban J connectivity index is 2.03. The Bertz CT molecular complexity index is 1230. The Labute approximate surface area is 220 Å². The van der Waals surface area contributed by atoms with E-state index < -0.39 is 16.9 Å². The summed E-state index contributed by atoms with van der Waals surface area (Å²) >= 11 is 12.3. The van der Waals surface area contributed by atoms with Crippen LogP contribution in [0.2, 0.25) is 10.0 Å². The smallest absolute Gasteiger partial charge is 0.273 e. The molecule has 1 unspecified atom stereocenters. The monoisotopic (exact) mass is 527 g/mol. The second-order valence-electron chi connectivity index (χ2n) is 8.70. The summed E-state index contributed by atoms with van der Waals surface area (Å²) in [4.78, 5) is 39.6. The molecule has 9 heteroatoms. The van der Waals surface area contributed by atoms with Gasteiger partial charge >= 0.3 is 0 Å². The van der Waals surface area contributed by atoms with Crippen LogP contribution in [0.15, 0.2) is 72.8 Å². The molecule has 7 nitrogen and oxygen atoms in total. The number of nitro groups is 1. The third-order valence-electron chi connectivity index (χ3n) is 5.57. The Morgan fingerprint density at radius 3 is 2.25 bits per heavy atom. The number of amides is 2. The molecule has 0 spiro atoms. The number of carbonyl (C=O) groups excluding carboxylic acids is 2. The van der Waals surface area contributed by atoms with Crippen LogP contribution in [0, 0.1) is 10.1 Å². The number of nitrogens with one attached hydrogen (secondary N) is 1. The topological polar surface area (TPSA) is 92.6 Å². The summed E-state index contributed by atoms with van der Waals surface area (Å²) in [5.74, 6) is -0.736. The van der Waals surface area contributed by atoms with E-state index in [0.717, 1.165) is 5.56 Å². The van der Waals surface area contributed by atoms with E-state index in [9.17, 15) is 19.7 Å². The lowest BCUT2D eigenvalue weighted by molar-refractivity contribution is -0.385. The van der Waals surface area contributed by atoms with Gasteiger partial charge in [0.2, 0.25) is 11.8 Å². The zero-order valence-corrected chi connectivity index (χ0v) is 21.5. The van der Waals surface area contributed by atoms with Crippen LogP contribution in [0.4, 0.5) is 5.69 Å². The molecule has 0 aliphatic rings. The molecule has 0 radical (unpaired) electrons. The highest BCUT2D eigenvalue weighted by atomic mass is 35.5. The number of carbonyl (C=O) groups is 2. The van der Waals surface area contributed by atoms with Gasteiger partial charge in [0.25, 0.3) is 5.69 Å². The van der Waals surface area contributed by atoms with Crippen LogP contribution in [0.5, 0.6) is 0 Å². The van der Waals surface area contributed by atoms with E-state index in [2.05, 4.69) is 5.32 Å². The second-order valence-corrected chi connectivity index (χ2v) is 9.52. The summed E-state index contributed by atoms with van der Waals surface area (Å²) in [7, 11) is 0. The highest BCUT2D eigenvalue weighted by Crippen LogP contribution is 2.25. The molecule has 188 valence electrons. The van der Waals surface area contributed by atoms with Gasteiger partial charge in [-0.25, -0.2) is 0 Å². The SMILES string of the molecule is CC(C)NC(=O)C(Cc1ccccc1)N(Cc1ccc(Cl)c(Cl)c1)C(=O)Cc1ccccc1[N+](=O)[O-]. The van der Waals surface area contributed by atoms with E-state index in [1.54, 1.807) is 36.4 Å². The molecule has 0 heterocycles. The first kappa shape index (κ1) is 27.2. The Hall–Kier alpha value is -3.42. The predicted octanol–water partition coefficient (Wildman–Crippen LogP) is 5.61. The average molecular weight is 528 g/mol. The maximum atomic E-state index is 13.7. The van der Waals surface area contributed by atoms with Crippen LogP contribution in [-0.4, -0.2) is 33.7 Å². The molecule has 0 bridgehead atoms. The molecule has 0 aromatic heterocycles. The highest BCUT2D eigenvalue weighted by molar-refractivity contribution is 6.42. The summed E-state index contributed by atoms with van der Waals surface area (Å²) in [6, 6.07) is 19.5. The van der Waals surface area contributed by atoms with Crippen molar-refractivity contribution >= 4 is 40.7 Å². The minimum absolute atomic E-state index is 0.0688. The number of para-hydroxylation sites is 1. The Morgan fingerprint density at radius 1 is 0.944 bits per heavy atom. The molecule has 0 saturated carbocycles. The first-order valence-electron chi connectivity index (χ1n) is 11.5. The van der Waals surface area contributed by atoms with Crippen molar-refractivity contribution in [1.29, 1.82) is 0 Å². The number of nitrogens with zero attached hydrogens (tertiary/aromatic N) is 2. The molecule has 0 aliphatic heterocycles. The van der Waals surface area contributed by atoms with Crippen LogP contribution < -0.4 is 5.32 Å². The van der Waals surface area contributed by atoms with Gasteiger partial charge in [0.05, 0.1) is 21.4 Å². The molecule has 3 aromatic rings. The van der Waals surface area contributed by atoms with Crippen molar-refractivity contribution in [1.82, 2.24) is 10.2 Å². The van der Waals surface area contributed by atoms with Gasteiger partial charge in [-0.15, -0.1) is 0 Å². The summed E-state index contributed by atoms with van der Waals surface area (Å²) in [6.45, 7) is 3.76. The number of benzene rings is 3. The van der Waals surface area contributed by atoms with E-state index in [1.165, 1.54) is 11.0 Å². The van der Waals surface area contributed by atoms with E-state index in [-0.39, 0.29) is 42.6 Å². The molecule has 1 atom stereocenters. The fourth-order valence-electron chi connectivity index (χ4n) is 3.87. The normalized spacial score (nSPS) is 11.7. The minimum Gasteiger partial charge on any atom is -0.352 e. The van der Waals surface area contributed by atoms with Crippen molar-refractivity contribution in [2.24, 2.45) is 0 Å². The van der Waals surface area contributed by atoms with Gasteiger partial charge in [0.1, 0.15) is 6.04 Å². The van der Waals surface area contributed by atoms with Gasteiger partial charge in [-0.1, -0.05) is 77.8 Å². The maximum absolute atomic E-state index is 13.7. The van der Waals surface area contributed by atoms with Crippen molar-refractivity contribution in [3.63, 3.8) is 0 Å². The number of hydrogen-bond acceptors (Lipinski definition) is 4. The van der Waals surface area contributed by atoms with Gasteiger partial charge < -0.3 is 10.2 Å². The van der Waals surface area contributed by atoms with Crippen LogP contribution >= 0.6 is 23.2 Å². The Morgan fingerprint density at radius 2 is 1.61 bits per heavy atom. The zero-order valence-electron chi connectivity index (χ0n) is 20.0. The molecule has 3 aromatic carbocycles. The van der Waals surface area contributed by atoms with Gasteiger partial charge in [-0.3, -0.25) is 19.7 Å². The van der Waals surface area contributed by atoms with Crippen LogP contribution in [0.25, 0.3) is 0 Å². The third-order valence-corrected chi connectivity index (χ3v) is 6.31. The van der Waals surface area contributed by atoms with E-state index >= 15 is 0 Å². The second kappa shape index (κ2) is 12.5. The lowest BCUT2D eigenvalue weighted by atomic mass is 10.0. The standard InChI is InChI=1S/C27H27Cl2N3O4/c1-18(2)30-27(34)25(15-19-8-4-3-5-9-19)31(17-20-12-13-22(28)23(29)14-20)26(33)16-21-10-6-7-11-24(21)32(35)36/h3-14,18,25H,15-17H2,1-2H3,(H,30,34). The van der Waals surface area contributed by atoms with Crippen molar-refractivity contribution in [3.8, 4) is 0 Å². The number of rotatable bonds is 10. The lowest BCUT2D eigenvalue weighted by Gasteiger charge is -2.32. The molecule has 0 aliphatic carbocycles. The van der Waals surface area contributed by atoms with Crippen LogP contribution in [0.3, 0.4) is 0 Å². The number of halogens is 2. The molecule has 1 N–H and O–H groups in total. The molecule has 0 saturated heterocycles. The summed E-state index contributed by atoms with van der Waals surface area (Å²) in [5.41, 5.74) is 1.68. The molecule has 36 heavy (non-hydrogen) atoms. The van der Waals surface area contributed by atoms with Crippen molar-refractivity contribution in [2.75, 3.05) is 0 Å². The molecule has 2 amide bonds. The van der Waals surface area contributed by atoms with Gasteiger partial charge in [-0.05, 0) is 37.1 Å². The van der Waals surface area contributed by atoms with E-state index in [0.29, 0.717) is 15.6 Å². The van der Waals surface area contributed by atoms with Crippen molar-refractivity contribution < 1.29 is 14.5 Å². The van der Waals surface area contributed by atoms with E-state index in [1.807, 2.05) is 44.2 Å². The first-order valence-corrected chi connectivity index (χ1v) is 12.2. The fraction of sp³-hybridized carbons (Fsp3) is 0.259. The fourth-order valence-corrected chi connectivity index (χ4v) is 4.19. The van der Waals surface area contributed by atoms with Crippen molar-refractivity contribution in [2.45, 2.75) is 45.3 Å². The maximum Gasteiger partial charge on any atom is 0.273 e. The summed E-state index contributed by atoms with van der Waals surface area (Å²) in [5, 5.41) is 15.1. The minimum atomic E-state index is -0.862. The molecule has 3 rings (SSSR count). The van der Waals surface area contributed by atoms with Crippen LogP contribution in [0.1, 0.15) is 30.5 Å². The molecular formula is C27H27Cl2N3O4. The quantitative estimate of drug-likeness (QED) is 0.274. The van der Waals surface area contributed by atoms with E-state index in [4.69, 9.17) is 23.2 Å². The largest absolute Gasteiger partial charge is 0.352 e. The predicted molar refractivity (Wildman–Crippen MR) is 141 cm³/mol. The van der Waals surface area contributed by atoms with Gasteiger partial charge in [-0.2, -0.15) is 0 Å². The van der Waals surface area contributed by atoms with Gasteiger partial charge in [0.15, 0.2) is 0 Å². The molecule has 0 fully saturated rings. The molecular weight excluding hydrogens is 501 g/mol. The lowest BCUT2D eigenvalue weighted by Crippen LogP contribution is -2.52. The van der Waals surface area contributed by atoms with Crippen LogP contribution in [-0.2, 0) is 29.0 Å². The Kier molecular flexibility index (Phi) is 9.44. The van der Waals surface area contributed by atoms with Gasteiger partial charge in [0, 0.05) is 30.6 Å². The summed E-state index contributed by atoms with van der Waals surface area (Å²) in [6.07, 6.45) is 0.0298. The first-order chi connectivity index (χ1) is 17.2. The number of nitro benzene ring substituents is 1. The summed E-state index contributed by atoms with van der Waals surface area (Å²) < 4.78 is 0.